The van der Waals surface area contributed by atoms with Crippen LogP contribution >= 0.6 is 11.8 Å². The number of carbonyl (C=O) groups excluding carboxylic acids is 1. The van der Waals surface area contributed by atoms with Gasteiger partial charge in [0, 0.05) is 12.7 Å². The van der Waals surface area contributed by atoms with Gasteiger partial charge in [-0.15, -0.1) is 10.2 Å². The summed E-state index contributed by atoms with van der Waals surface area (Å²) in [4.78, 5) is 12.5. The van der Waals surface area contributed by atoms with Gasteiger partial charge in [0.05, 0.1) is 5.75 Å². The summed E-state index contributed by atoms with van der Waals surface area (Å²) in [6, 6.07) is 24.3. The summed E-state index contributed by atoms with van der Waals surface area (Å²) < 4.78 is 19.4. The fourth-order valence-electron chi connectivity index (χ4n) is 3.44. The summed E-state index contributed by atoms with van der Waals surface area (Å²) in [5, 5.41) is 12.0. The summed E-state index contributed by atoms with van der Waals surface area (Å²) in [6.07, 6.45) is -0.368. The zero-order valence-corrected chi connectivity index (χ0v) is 19.2. The smallest absolute Gasteiger partial charge is 0.234 e. The predicted molar refractivity (Wildman–Crippen MR) is 129 cm³/mol. The van der Waals surface area contributed by atoms with Crippen LogP contribution in [-0.2, 0) is 11.8 Å². The third kappa shape index (κ3) is 4.99. The molecule has 0 spiro atoms. The van der Waals surface area contributed by atoms with Crippen molar-refractivity contribution in [1.29, 1.82) is 0 Å². The number of nitrogens with one attached hydrogen (secondary N) is 1. The van der Waals surface area contributed by atoms with Crippen LogP contribution in [-0.4, -0.2) is 33.0 Å². The normalized spacial score (nSPS) is 14.4. The Morgan fingerprint density at radius 1 is 1.00 bits per heavy atom. The first-order valence-corrected chi connectivity index (χ1v) is 11.7. The maximum atomic E-state index is 12.5. The lowest BCUT2D eigenvalue weighted by molar-refractivity contribution is -0.113. The van der Waals surface area contributed by atoms with Gasteiger partial charge in [-0.3, -0.25) is 4.79 Å². The summed E-state index contributed by atoms with van der Waals surface area (Å²) in [7, 11) is 1.85. The highest BCUT2D eigenvalue weighted by Crippen LogP contribution is 2.35. The molecular formula is C25H22N4O4S. The molecule has 1 unspecified atom stereocenters. The molecule has 4 aromatic rings. The average Bonchev–Trinajstić information content (AvgIpc) is 3.24. The van der Waals surface area contributed by atoms with Crippen molar-refractivity contribution in [3.8, 4) is 23.0 Å². The van der Waals surface area contributed by atoms with E-state index in [0.717, 1.165) is 5.75 Å². The molecule has 1 amide bonds. The second-order valence-corrected chi connectivity index (χ2v) is 8.48. The summed E-state index contributed by atoms with van der Waals surface area (Å²) in [5.74, 6) is 3.54. The van der Waals surface area contributed by atoms with E-state index >= 15 is 0 Å². The molecule has 5 rings (SSSR count). The number of anilines is 1. The molecule has 1 aromatic heterocycles. The highest BCUT2D eigenvalue weighted by Gasteiger charge is 2.27. The van der Waals surface area contributed by atoms with Crippen molar-refractivity contribution < 1.29 is 19.0 Å². The zero-order chi connectivity index (χ0) is 23.3. The van der Waals surface area contributed by atoms with Gasteiger partial charge in [0.2, 0.25) is 5.91 Å². The van der Waals surface area contributed by atoms with Crippen LogP contribution in [0.2, 0.25) is 0 Å². The summed E-state index contributed by atoms with van der Waals surface area (Å²) in [5.41, 5.74) is 0.691. The molecule has 0 bridgehead atoms. The lowest BCUT2D eigenvalue weighted by Crippen LogP contribution is -2.24. The molecule has 8 nitrogen and oxygen atoms in total. The zero-order valence-electron chi connectivity index (χ0n) is 18.4. The number of hydrogen-bond donors (Lipinski definition) is 1. The fourth-order valence-corrected chi connectivity index (χ4v) is 4.16. The van der Waals surface area contributed by atoms with Crippen LogP contribution in [0.3, 0.4) is 0 Å². The van der Waals surface area contributed by atoms with Gasteiger partial charge in [0.15, 0.2) is 28.6 Å². The Labute approximate surface area is 200 Å². The Morgan fingerprint density at radius 2 is 1.71 bits per heavy atom. The first kappa shape index (κ1) is 21.8. The Balaban J connectivity index is 1.14. The van der Waals surface area contributed by atoms with E-state index in [-0.39, 0.29) is 17.8 Å². The van der Waals surface area contributed by atoms with Crippen molar-refractivity contribution in [3.05, 3.63) is 84.7 Å². The van der Waals surface area contributed by atoms with Crippen LogP contribution in [0.5, 0.6) is 23.0 Å². The van der Waals surface area contributed by atoms with Gasteiger partial charge in [-0.05, 0) is 48.5 Å². The number of nitrogens with zero attached hydrogens (tertiary/aromatic N) is 3. The maximum Gasteiger partial charge on any atom is 0.234 e. The molecule has 0 aliphatic carbocycles. The second-order valence-electron chi connectivity index (χ2n) is 7.54. The minimum Gasteiger partial charge on any atom is -0.485 e. The van der Waals surface area contributed by atoms with E-state index in [4.69, 9.17) is 14.2 Å². The Bertz CT molecular complexity index is 1280. The quantitative estimate of drug-likeness (QED) is 0.383. The molecule has 3 aromatic carbocycles. The molecule has 9 heteroatoms. The number of carbonyl (C=O) groups is 1. The minimum absolute atomic E-state index is 0.141. The molecule has 0 fully saturated rings. The summed E-state index contributed by atoms with van der Waals surface area (Å²) >= 11 is 1.31. The first-order chi connectivity index (χ1) is 16.7. The van der Waals surface area contributed by atoms with Crippen LogP contribution in [0.4, 0.5) is 5.69 Å². The minimum atomic E-state index is -0.368. The van der Waals surface area contributed by atoms with Crippen LogP contribution in [0.1, 0.15) is 11.9 Å². The van der Waals surface area contributed by atoms with E-state index in [1.807, 2.05) is 78.3 Å². The van der Waals surface area contributed by atoms with Crippen LogP contribution < -0.4 is 19.5 Å². The van der Waals surface area contributed by atoms with Crippen LogP contribution in [0, 0.1) is 0 Å². The number of hydrogen-bond acceptors (Lipinski definition) is 7. The number of para-hydroxylation sites is 3. The lowest BCUT2D eigenvalue weighted by Gasteiger charge is -2.25. The molecular weight excluding hydrogens is 452 g/mol. The molecule has 1 N–H and O–H groups in total. The first-order valence-electron chi connectivity index (χ1n) is 10.7. The standard InChI is InChI=1S/C25H22N4O4S/c1-29-24(22-15-31-20-9-5-6-10-21(20)33-22)27-28-25(29)34-16-23(30)26-17-11-13-19(14-12-17)32-18-7-3-2-4-8-18/h2-14,22H,15-16H2,1H3,(H,26,30). The molecule has 0 saturated carbocycles. The van der Waals surface area contributed by atoms with Gasteiger partial charge in [-0.1, -0.05) is 42.1 Å². The van der Waals surface area contributed by atoms with Crippen molar-refractivity contribution in [1.82, 2.24) is 14.8 Å². The van der Waals surface area contributed by atoms with Crippen molar-refractivity contribution >= 4 is 23.4 Å². The Morgan fingerprint density at radius 3 is 2.50 bits per heavy atom. The number of ether oxygens (including phenoxy) is 3. The fraction of sp³-hybridized carbons (Fsp3) is 0.160. The van der Waals surface area contributed by atoms with E-state index in [1.54, 1.807) is 12.1 Å². The van der Waals surface area contributed by atoms with Crippen LogP contribution in [0.15, 0.2) is 84.0 Å². The third-order valence-electron chi connectivity index (χ3n) is 5.11. The Kier molecular flexibility index (Phi) is 6.35. The monoisotopic (exact) mass is 474 g/mol. The van der Waals surface area contributed by atoms with E-state index < -0.39 is 0 Å². The van der Waals surface area contributed by atoms with E-state index in [1.165, 1.54) is 11.8 Å². The number of benzene rings is 3. The van der Waals surface area contributed by atoms with Crippen molar-refractivity contribution in [3.63, 3.8) is 0 Å². The molecule has 0 saturated heterocycles. The molecule has 0 radical (unpaired) electrons. The third-order valence-corrected chi connectivity index (χ3v) is 6.13. The number of thioether (sulfide) groups is 1. The lowest BCUT2D eigenvalue weighted by atomic mass is 10.2. The highest BCUT2D eigenvalue weighted by molar-refractivity contribution is 7.99. The van der Waals surface area contributed by atoms with Crippen molar-refractivity contribution in [2.24, 2.45) is 7.05 Å². The highest BCUT2D eigenvalue weighted by atomic mass is 32.2. The average molecular weight is 475 g/mol. The van der Waals surface area contributed by atoms with Gasteiger partial charge < -0.3 is 24.1 Å². The van der Waals surface area contributed by atoms with E-state index in [9.17, 15) is 4.79 Å². The second kappa shape index (κ2) is 9.88. The Hall–Kier alpha value is -3.98. The van der Waals surface area contributed by atoms with E-state index in [0.29, 0.717) is 40.5 Å². The number of aromatic nitrogens is 3. The predicted octanol–water partition coefficient (Wildman–Crippen LogP) is 4.85. The summed E-state index contributed by atoms with van der Waals surface area (Å²) in [6.45, 7) is 0.345. The maximum absolute atomic E-state index is 12.5. The van der Waals surface area contributed by atoms with Crippen LogP contribution in [0.25, 0.3) is 0 Å². The van der Waals surface area contributed by atoms with E-state index in [2.05, 4.69) is 15.5 Å². The topological polar surface area (TPSA) is 87.5 Å². The van der Waals surface area contributed by atoms with Crippen molar-refractivity contribution in [2.75, 3.05) is 17.7 Å². The number of amides is 1. The molecule has 34 heavy (non-hydrogen) atoms. The molecule has 1 aliphatic heterocycles. The molecule has 172 valence electrons. The molecule has 1 aliphatic rings. The van der Waals surface area contributed by atoms with Gasteiger partial charge in [-0.2, -0.15) is 0 Å². The molecule has 2 heterocycles. The van der Waals surface area contributed by atoms with Gasteiger partial charge in [0.1, 0.15) is 18.1 Å². The van der Waals surface area contributed by atoms with Gasteiger partial charge in [-0.25, -0.2) is 0 Å². The van der Waals surface area contributed by atoms with Crippen molar-refractivity contribution in [2.45, 2.75) is 11.3 Å². The largest absolute Gasteiger partial charge is 0.485 e. The molecule has 1 atom stereocenters. The van der Waals surface area contributed by atoms with Gasteiger partial charge in [0.25, 0.3) is 0 Å². The number of fused-ring (bicyclic) bond motifs is 1. The SMILES string of the molecule is Cn1c(SCC(=O)Nc2ccc(Oc3ccccc3)cc2)nnc1C1COc2ccccc2O1. The number of rotatable bonds is 7. The van der Waals surface area contributed by atoms with Gasteiger partial charge >= 0.3 is 0 Å².